The number of ether oxygens (including phenoxy) is 1. The number of carbonyl (C=O) groups excluding carboxylic acids is 1. The summed E-state index contributed by atoms with van der Waals surface area (Å²) in [5.74, 6) is -1.29. The Balaban J connectivity index is 4.01. The largest absolute Gasteiger partial charge is 0.481 e. The predicted octanol–water partition coefficient (Wildman–Crippen LogP) is 2.19. The molecule has 0 aromatic heterocycles. The second-order valence-electron chi connectivity index (χ2n) is 7.22. The molecular formula is C17H34NO5+. The molecule has 0 saturated heterocycles. The molecule has 2 unspecified atom stereocenters. The van der Waals surface area contributed by atoms with Crippen molar-refractivity contribution in [3.05, 3.63) is 0 Å². The van der Waals surface area contributed by atoms with E-state index in [4.69, 9.17) is 9.84 Å². The van der Waals surface area contributed by atoms with Crippen LogP contribution in [0.5, 0.6) is 0 Å². The zero-order valence-corrected chi connectivity index (χ0v) is 15.1. The summed E-state index contributed by atoms with van der Waals surface area (Å²) in [4.78, 5) is 22.7. The van der Waals surface area contributed by atoms with Crippen LogP contribution >= 0.6 is 0 Å². The first kappa shape index (κ1) is 21.9. The van der Waals surface area contributed by atoms with Gasteiger partial charge in [-0.25, -0.2) is 0 Å². The summed E-state index contributed by atoms with van der Waals surface area (Å²) in [5, 5.41) is 18.5. The zero-order chi connectivity index (χ0) is 17.9. The minimum absolute atomic E-state index is 0.162. The van der Waals surface area contributed by atoms with E-state index in [1.54, 1.807) is 0 Å². The fraction of sp³-hybridized carbons (Fsp3) is 0.882. The van der Waals surface area contributed by atoms with Crippen LogP contribution < -0.4 is 0 Å². The third-order valence-electron chi connectivity index (χ3n) is 3.49. The minimum atomic E-state index is -0.957. The molecule has 0 spiro atoms. The number of hydrogen-bond donors (Lipinski definition) is 2. The van der Waals surface area contributed by atoms with Crippen LogP contribution in [0.1, 0.15) is 58.3 Å². The monoisotopic (exact) mass is 332 g/mol. The number of quaternary nitrogens is 1. The molecule has 23 heavy (non-hydrogen) atoms. The van der Waals surface area contributed by atoms with Gasteiger partial charge in [0, 0.05) is 6.42 Å². The number of carbonyl (C=O) groups is 2. The first-order valence-corrected chi connectivity index (χ1v) is 8.53. The zero-order valence-electron chi connectivity index (χ0n) is 15.1. The van der Waals surface area contributed by atoms with Crippen LogP contribution in [-0.4, -0.2) is 66.5 Å². The van der Waals surface area contributed by atoms with Crippen LogP contribution in [-0.2, 0) is 14.3 Å². The smallest absolute Gasteiger partial charge is 0.307 e. The highest BCUT2D eigenvalue weighted by atomic mass is 16.5. The Morgan fingerprint density at radius 2 is 1.74 bits per heavy atom. The number of nitrogens with zero attached hydrogens (tertiary/aromatic N) is 1. The van der Waals surface area contributed by atoms with Crippen molar-refractivity contribution < 1.29 is 29.0 Å². The molecule has 0 aliphatic rings. The standard InChI is InChI=1S/C17H33NO5/c1-5-9-14(19)10-7-6-8-11-17(22)23-15(12-16(20)21)13-18(2,3)4/h14-15,19H,5-13H2,1-4H3/p+1. The molecule has 0 fully saturated rings. The predicted molar refractivity (Wildman–Crippen MR) is 89.0 cm³/mol. The Morgan fingerprint density at radius 1 is 1.09 bits per heavy atom. The minimum Gasteiger partial charge on any atom is -0.481 e. The number of hydrogen-bond acceptors (Lipinski definition) is 4. The quantitative estimate of drug-likeness (QED) is 0.307. The number of unbranched alkanes of at least 4 members (excludes halogenated alkanes) is 2. The van der Waals surface area contributed by atoms with E-state index in [0.717, 1.165) is 32.1 Å². The number of carboxylic acid groups (broad SMARTS) is 1. The summed E-state index contributed by atoms with van der Waals surface area (Å²) >= 11 is 0. The molecule has 6 nitrogen and oxygen atoms in total. The van der Waals surface area contributed by atoms with Gasteiger partial charge in [-0.1, -0.05) is 26.2 Å². The molecule has 0 aromatic rings. The molecule has 0 amide bonds. The topological polar surface area (TPSA) is 83.8 Å². The van der Waals surface area contributed by atoms with Crippen molar-refractivity contribution in [1.29, 1.82) is 0 Å². The molecule has 2 N–H and O–H groups in total. The summed E-state index contributed by atoms with van der Waals surface area (Å²) in [7, 11) is 5.80. The lowest BCUT2D eigenvalue weighted by atomic mass is 10.1. The highest BCUT2D eigenvalue weighted by Crippen LogP contribution is 2.11. The van der Waals surface area contributed by atoms with E-state index in [1.165, 1.54) is 0 Å². The van der Waals surface area contributed by atoms with Crippen LogP contribution in [0.25, 0.3) is 0 Å². The van der Waals surface area contributed by atoms with Crippen molar-refractivity contribution in [3.63, 3.8) is 0 Å². The van der Waals surface area contributed by atoms with E-state index in [9.17, 15) is 14.7 Å². The first-order chi connectivity index (χ1) is 10.6. The van der Waals surface area contributed by atoms with Crippen molar-refractivity contribution in [2.45, 2.75) is 70.5 Å². The van der Waals surface area contributed by atoms with Gasteiger partial charge < -0.3 is 19.4 Å². The van der Waals surface area contributed by atoms with Crippen molar-refractivity contribution in [1.82, 2.24) is 0 Å². The molecular weight excluding hydrogens is 298 g/mol. The fourth-order valence-electron chi connectivity index (χ4n) is 2.50. The van der Waals surface area contributed by atoms with Crippen LogP contribution in [0.2, 0.25) is 0 Å². The van der Waals surface area contributed by atoms with Crippen LogP contribution in [0.4, 0.5) is 0 Å². The normalized spacial score (nSPS) is 14.3. The van der Waals surface area contributed by atoms with Crippen molar-refractivity contribution >= 4 is 11.9 Å². The molecule has 0 saturated carbocycles. The van der Waals surface area contributed by atoms with Crippen molar-refractivity contribution in [3.8, 4) is 0 Å². The van der Waals surface area contributed by atoms with Gasteiger partial charge in [-0.3, -0.25) is 9.59 Å². The van der Waals surface area contributed by atoms with E-state index in [-0.39, 0.29) is 18.5 Å². The van der Waals surface area contributed by atoms with Gasteiger partial charge in [0.2, 0.25) is 0 Å². The SMILES string of the molecule is CCCC(O)CCCCCC(=O)OC(CC(=O)O)C[N+](C)(C)C. The maximum absolute atomic E-state index is 11.8. The van der Waals surface area contributed by atoms with E-state index < -0.39 is 12.1 Å². The highest BCUT2D eigenvalue weighted by molar-refractivity contribution is 5.71. The maximum Gasteiger partial charge on any atom is 0.307 e. The lowest BCUT2D eigenvalue weighted by Crippen LogP contribution is -2.43. The number of carboxylic acids is 1. The summed E-state index contributed by atoms with van der Waals surface area (Å²) in [6, 6.07) is 0. The summed E-state index contributed by atoms with van der Waals surface area (Å²) in [6.07, 6.45) is 4.35. The average molecular weight is 332 g/mol. The Bertz CT molecular complexity index is 351. The number of aliphatic carboxylic acids is 1. The second kappa shape index (κ2) is 11.4. The van der Waals surface area contributed by atoms with Crippen LogP contribution in [0, 0.1) is 0 Å². The van der Waals surface area contributed by atoms with Gasteiger partial charge >= 0.3 is 11.9 Å². The number of rotatable bonds is 13. The van der Waals surface area contributed by atoms with E-state index >= 15 is 0 Å². The van der Waals surface area contributed by atoms with Gasteiger partial charge in [0.15, 0.2) is 6.10 Å². The molecule has 0 bridgehead atoms. The van der Waals surface area contributed by atoms with Crippen LogP contribution in [0.15, 0.2) is 0 Å². The van der Waals surface area contributed by atoms with Crippen molar-refractivity contribution in [2.24, 2.45) is 0 Å². The summed E-state index contributed by atoms with van der Waals surface area (Å²) in [5.41, 5.74) is 0. The third-order valence-corrected chi connectivity index (χ3v) is 3.49. The van der Waals surface area contributed by atoms with Gasteiger partial charge in [-0.15, -0.1) is 0 Å². The average Bonchev–Trinajstić information content (AvgIpc) is 2.35. The fourth-order valence-corrected chi connectivity index (χ4v) is 2.50. The molecule has 136 valence electrons. The maximum atomic E-state index is 11.8. The molecule has 2 atom stereocenters. The molecule has 0 radical (unpaired) electrons. The van der Waals surface area contributed by atoms with Crippen LogP contribution in [0.3, 0.4) is 0 Å². The lowest BCUT2D eigenvalue weighted by Gasteiger charge is -2.28. The lowest BCUT2D eigenvalue weighted by molar-refractivity contribution is -0.873. The molecule has 0 aromatic carbocycles. The molecule has 6 heteroatoms. The number of likely N-dealkylation sites (N-methyl/N-ethyl adjacent to an activating group) is 1. The molecule has 0 rings (SSSR count). The number of esters is 1. The Morgan fingerprint density at radius 3 is 2.26 bits per heavy atom. The number of aliphatic hydroxyl groups is 1. The molecule has 0 aliphatic carbocycles. The first-order valence-electron chi connectivity index (χ1n) is 8.53. The van der Waals surface area contributed by atoms with Gasteiger partial charge in [0.05, 0.1) is 33.7 Å². The van der Waals surface area contributed by atoms with Gasteiger partial charge in [-0.2, -0.15) is 0 Å². The third kappa shape index (κ3) is 14.2. The molecule has 0 aliphatic heterocycles. The van der Waals surface area contributed by atoms with E-state index in [2.05, 4.69) is 0 Å². The van der Waals surface area contributed by atoms with E-state index in [0.29, 0.717) is 23.9 Å². The van der Waals surface area contributed by atoms with Gasteiger partial charge in [-0.05, 0) is 19.3 Å². The molecule has 0 heterocycles. The van der Waals surface area contributed by atoms with E-state index in [1.807, 2.05) is 28.1 Å². The van der Waals surface area contributed by atoms with Gasteiger partial charge in [0.1, 0.15) is 6.54 Å². The Hall–Kier alpha value is -1.14. The highest BCUT2D eigenvalue weighted by Gasteiger charge is 2.24. The Labute approximate surface area is 140 Å². The van der Waals surface area contributed by atoms with Gasteiger partial charge in [0.25, 0.3) is 0 Å². The summed E-state index contributed by atoms with van der Waals surface area (Å²) < 4.78 is 5.86. The number of aliphatic hydroxyl groups excluding tert-OH is 1. The van der Waals surface area contributed by atoms with Crippen molar-refractivity contribution in [2.75, 3.05) is 27.7 Å². The second-order valence-corrected chi connectivity index (χ2v) is 7.22. The Kier molecular flexibility index (Phi) is 10.8. The summed E-state index contributed by atoms with van der Waals surface area (Å²) in [6.45, 7) is 2.52.